The fourth-order valence-corrected chi connectivity index (χ4v) is 2.88. The Labute approximate surface area is 130 Å². The van der Waals surface area contributed by atoms with Gasteiger partial charge < -0.3 is 5.11 Å². The van der Waals surface area contributed by atoms with Crippen molar-refractivity contribution in [3.63, 3.8) is 0 Å². The molecule has 1 aromatic carbocycles. The average molecular weight is 293 g/mol. The second kappa shape index (κ2) is 6.14. The summed E-state index contributed by atoms with van der Waals surface area (Å²) in [4.78, 5) is 16.3. The standard InChI is InChI=1S/C19H19NO2/c1-13-7-9-14(10-8-13)17-12-11-15-16(19(21)22)5-3-2-4-6-18(15)20-17/h2-3,7-12,18H,4-6H2,1H3,(H,21,22)/b3-2-,16-15+. The van der Waals surface area contributed by atoms with Crippen molar-refractivity contribution >= 4 is 11.7 Å². The van der Waals surface area contributed by atoms with E-state index in [1.807, 2.05) is 18.2 Å². The lowest BCUT2D eigenvalue weighted by Gasteiger charge is -2.22. The van der Waals surface area contributed by atoms with Crippen molar-refractivity contribution in [2.75, 3.05) is 0 Å². The summed E-state index contributed by atoms with van der Waals surface area (Å²) in [7, 11) is 0. The summed E-state index contributed by atoms with van der Waals surface area (Å²) < 4.78 is 0. The third kappa shape index (κ3) is 2.93. The van der Waals surface area contributed by atoms with Crippen LogP contribution in [0.5, 0.6) is 0 Å². The Kier molecular flexibility index (Phi) is 4.05. The number of hydrogen-bond acceptors (Lipinski definition) is 2. The Bertz CT molecular complexity index is 705. The number of fused-ring (bicyclic) bond motifs is 1. The van der Waals surface area contributed by atoms with Gasteiger partial charge in [-0.05, 0) is 43.4 Å². The Morgan fingerprint density at radius 3 is 2.68 bits per heavy atom. The number of dihydropyridines is 1. The maximum atomic E-state index is 11.5. The van der Waals surface area contributed by atoms with Crippen molar-refractivity contribution in [1.82, 2.24) is 0 Å². The van der Waals surface area contributed by atoms with E-state index in [9.17, 15) is 9.90 Å². The molecular formula is C19H19NO2. The summed E-state index contributed by atoms with van der Waals surface area (Å²) in [5, 5.41) is 9.43. The highest BCUT2D eigenvalue weighted by molar-refractivity contribution is 6.10. The zero-order valence-corrected chi connectivity index (χ0v) is 12.6. The summed E-state index contributed by atoms with van der Waals surface area (Å²) >= 11 is 0. The normalized spacial score (nSPS) is 25.7. The zero-order valence-electron chi connectivity index (χ0n) is 12.6. The molecule has 1 aromatic rings. The monoisotopic (exact) mass is 293 g/mol. The Hall–Kier alpha value is -2.42. The molecule has 0 saturated heterocycles. The first kappa shape index (κ1) is 14.5. The SMILES string of the molecule is Cc1ccc(C2=NC3CC/C=C\C/C(C(=O)O)=C\3C=C2)cc1. The highest BCUT2D eigenvalue weighted by atomic mass is 16.4. The van der Waals surface area contributed by atoms with Gasteiger partial charge in [0.1, 0.15) is 0 Å². The number of nitrogens with zero attached hydrogens (tertiary/aromatic N) is 1. The number of carboxylic acids is 1. The predicted molar refractivity (Wildman–Crippen MR) is 88.3 cm³/mol. The van der Waals surface area contributed by atoms with Gasteiger partial charge in [0.05, 0.1) is 11.8 Å². The van der Waals surface area contributed by atoms with Gasteiger partial charge >= 0.3 is 5.97 Å². The van der Waals surface area contributed by atoms with Gasteiger partial charge in [-0.15, -0.1) is 0 Å². The summed E-state index contributed by atoms with van der Waals surface area (Å²) in [5.74, 6) is -0.842. The second-order valence-electron chi connectivity index (χ2n) is 5.72. The molecule has 3 rings (SSSR count). The molecule has 112 valence electrons. The lowest BCUT2D eigenvalue weighted by Crippen LogP contribution is -2.20. The summed E-state index contributed by atoms with van der Waals surface area (Å²) in [6, 6.07) is 8.21. The molecule has 1 heterocycles. The van der Waals surface area contributed by atoms with Gasteiger partial charge in [0.25, 0.3) is 0 Å². The van der Waals surface area contributed by atoms with E-state index in [2.05, 4.69) is 37.3 Å². The summed E-state index contributed by atoms with van der Waals surface area (Å²) in [6.45, 7) is 2.06. The number of hydrogen-bond donors (Lipinski definition) is 1. The number of aliphatic imine (C=N–C) groups is 1. The number of aliphatic carboxylic acids is 1. The minimum Gasteiger partial charge on any atom is -0.478 e. The fourth-order valence-electron chi connectivity index (χ4n) is 2.88. The first-order chi connectivity index (χ1) is 10.6. The van der Waals surface area contributed by atoms with E-state index in [1.165, 1.54) is 5.56 Å². The van der Waals surface area contributed by atoms with Crippen molar-refractivity contribution in [2.45, 2.75) is 32.2 Å². The predicted octanol–water partition coefficient (Wildman–Crippen LogP) is 3.84. The number of carboxylic acid groups (broad SMARTS) is 1. The molecule has 0 spiro atoms. The van der Waals surface area contributed by atoms with E-state index in [0.29, 0.717) is 12.0 Å². The van der Waals surface area contributed by atoms with E-state index in [1.54, 1.807) is 0 Å². The molecule has 0 saturated carbocycles. The van der Waals surface area contributed by atoms with Crippen molar-refractivity contribution in [1.29, 1.82) is 0 Å². The van der Waals surface area contributed by atoms with Crippen LogP contribution in [-0.4, -0.2) is 22.8 Å². The van der Waals surface area contributed by atoms with E-state index >= 15 is 0 Å². The molecule has 1 unspecified atom stereocenters. The van der Waals surface area contributed by atoms with Crippen molar-refractivity contribution < 1.29 is 9.90 Å². The highest BCUT2D eigenvalue weighted by Gasteiger charge is 2.23. The highest BCUT2D eigenvalue weighted by Crippen LogP contribution is 2.27. The van der Waals surface area contributed by atoms with E-state index in [-0.39, 0.29) is 6.04 Å². The molecule has 3 nitrogen and oxygen atoms in total. The topological polar surface area (TPSA) is 49.7 Å². The van der Waals surface area contributed by atoms with Gasteiger partial charge in [0.2, 0.25) is 0 Å². The van der Waals surface area contributed by atoms with Crippen LogP contribution in [0.3, 0.4) is 0 Å². The Balaban J connectivity index is 1.99. The molecule has 0 fully saturated rings. The van der Waals surface area contributed by atoms with Crippen LogP contribution in [0.15, 0.2) is 64.7 Å². The number of aryl methyl sites for hydroxylation is 1. The molecule has 2 aliphatic rings. The fraction of sp³-hybridized carbons (Fsp3) is 0.263. The zero-order chi connectivity index (χ0) is 15.5. The van der Waals surface area contributed by atoms with Crippen LogP contribution >= 0.6 is 0 Å². The lowest BCUT2D eigenvalue weighted by atomic mass is 9.89. The summed E-state index contributed by atoms with van der Waals surface area (Å²) in [5.41, 5.74) is 4.55. The van der Waals surface area contributed by atoms with Gasteiger partial charge in [-0.25, -0.2) is 4.79 Å². The lowest BCUT2D eigenvalue weighted by molar-refractivity contribution is -0.132. The maximum Gasteiger partial charge on any atom is 0.332 e. The number of allylic oxidation sites excluding steroid dienone is 3. The van der Waals surface area contributed by atoms with E-state index < -0.39 is 5.97 Å². The van der Waals surface area contributed by atoms with Crippen LogP contribution < -0.4 is 0 Å². The van der Waals surface area contributed by atoms with Crippen LogP contribution in [0.25, 0.3) is 0 Å². The molecule has 1 atom stereocenters. The smallest absolute Gasteiger partial charge is 0.332 e. The van der Waals surface area contributed by atoms with Gasteiger partial charge in [-0.1, -0.05) is 48.1 Å². The molecular weight excluding hydrogens is 274 g/mol. The molecule has 0 amide bonds. The maximum absolute atomic E-state index is 11.5. The molecule has 1 aliphatic heterocycles. The largest absolute Gasteiger partial charge is 0.478 e. The van der Waals surface area contributed by atoms with Gasteiger partial charge in [-0.2, -0.15) is 0 Å². The minimum atomic E-state index is -0.842. The minimum absolute atomic E-state index is 0.0580. The molecule has 0 bridgehead atoms. The van der Waals surface area contributed by atoms with Crippen LogP contribution in [0.1, 0.15) is 30.4 Å². The second-order valence-corrected chi connectivity index (χ2v) is 5.72. The van der Waals surface area contributed by atoms with Crippen LogP contribution in [0, 0.1) is 6.92 Å². The molecule has 22 heavy (non-hydrogen) atoms. The van der Waals surface area contributed by atoms with Crippen LogP contribution in [0.4, 0.5) is 0 Å². The van der Waals surface area contributed by atoms with Crippen molar-refractivity contribution in [2.24, 2.45) is 4.99 Å². The molecule has 1 aliphatic carbocycles. The Morgan fingerprint density at radius 2 is 1.95 bits per heavy atom. The van der Waals surface area contributed by atoms with Crippen molar-refractivity contribution in [3.05, 3.63) is 70.8 Å². The summed E-state index contributed by atoms with van der Waals surface area (Å²) in [6.07, 6.45) is 10.1. The third-order valence-electron chi connectivity index (χ3n) is 4.12. The van der Waals surface area contributed by atoms with Gasteiger partial charge in [-0.3, -0.25) is 4.99 Å². The number of benzene rings is 1. The van der Waals surface area contributed by atoms with Crippen molar-refractivity contribution in [3.8, 4) is 0 Å². The first-order valence-electron chi connectivity index (χ1n) is 7.59. The van der Waals surface area contributed by atoms with E-state index in [4.69, 9.17) is 4.99 Å². The average Bonchev–Trinajstić information content (AvgIpc) is 2.48. The molecule has 0 radical (unpaired) electrons. The number of carbonyl (C=O) groups is 1. The van der Waals surface area contributed by atoms with Gasteiger partial charge in [0, 0.05) is 5.57 Å². The van der Waals surface area contributed by atoms with Crippen LogP contribution in [0.2, 0.25) is 0 Å². The molecule has 0 aromatic heterocycles. The van der Waals surface area contributed by atoms with Crippen LogP contribution in [-0.2, 0) is 4.79 Å². The van der Waals surface area contributed by atoms with E-state index in [0.717, 1.165) is 29.7 Å². The Morgan fingerprint density at radius 1 is 1.18 bits per heavy atom. The number of rotatable bonds is 2. The molecule has 3 heteroatoms. The first-order valence-corrected chi connectivity index (χ1v) is 7.59. The quantitative estimate of drug-likeness (QED) is 0.842. The third-order valence-corrected chi connectivity index (χ3v) is 4.12. The van der Waals surface area contributed by atoms with Gasteiger partial charge in [0.15, 0.2) is 0 Å². The molecule has 1 N–H and O–H groups in total.